The smallest absolute Gasteiger partial charge is 0.185 e. The molecule has 0 aromatic heterocycles. The minimum Gasteiger partial charge on any atom is -0.493 e. The zero-order valence-electron chi connectivity index (χ0n) is 10.0. The van der Waals surface area contributed by atoms with E-state index in [-0.39, 0.29) is 5.78 Å². The van der Waals surface area contributed by atoms with Gasteiger partial charge in [-0.1, -0.05) is 6.08 Å². The van der Waals surface area contributed by atoms with Crippen LogP contribution in [-0.2, 0) is 0 Å². The van der Waals surface area contributed by atoms with Crippen molar-refractivity contribution in [3.63, 3.8) is 0 Å². The number of hydrogen-bond donors (Lipinski definition) is 0. The number of methoxy groups -OCH3 is 2. The van der Waals surface area contributed by atoms with E-state index in [1.807, 2.05) is 13.8 Å². The summed E-state index contributed by atoms with van der Waals surface area (Å²) >= 11 is 0. The summed E-state index contributed by atoms with van der Waals surface area (Å²) in [7, 11) is 3.13. The Morgan fingerprint density at radius 1 is 1.19 bits per heavy atom. The molecule has 86 valence electrons. The van der Waals surface area contributed by atoms with E-state index in [4.69, 9.17) is 9.47 Å². The molecular formula is C13H16O3. The second-order valence-electron chi connectivity index (χ2n) is 3.39. The van der Waals surface area contributed by atoms with Crippen LogP contribution in [-0.4, -0.2) is 20.0 Å². The lowest BCUT2D eigenvalue weighted by molar-refractivity contribution is 0.104. The molecular weight excluding hydrogens is 204 g/mol. The lowest BCUT2D eigenvalue weighted by Crippen LogP contribution is -2.00. The molecule has 0 fully saturated rings. The van der Waals surface area contributed by atoms with Crippen molar-refractivity contribution < 1.29 is 14.3 Å². The van der Waals surface area contributed by atoms with E-state index >= 15 is 0 Å². The predicted octanol–water partition coefficient (Wildman–Crippen LogP) is 2.77. The Labute approximate surface area is 95.7 Å². The molecule has 0 radical (unpaired) electrons. The van der Waals surface area contributed by atoms with Crippen LogP contribution >= 0.6 is 0 Å². The fourth-order valence-electron chi connectivity index (χ4n) is 1.49. The van der Waals surface area contributed by atoms with Gasteiger partial charge in [0.15, 0.2) is 17.3 Å². The lowest BCUT2D eigenvalue weighted by Gasteiger charge is -2.10. The van der Waals surface area contributed by atoms with Crippen LogP contribution in [0.15, 0.2) is 24.3 Å². The molecule has 0 saturated heterocycles. The summed E-state index contributed by atoms with van der Waals surface area (Å²) in [5.74, 6) is 1.18. The molecule has 3 heteroatoms. The Morgan fingerprint density at radius 2 is 1.75 bits per heavy atom. The molecule has 0 atom stereocenters. The molecule has 3 nitrogen and oxygen atoms in total. The highest BCUT2D eigenvalue weighted by Gasteiger charge is 2.12. The fraction of sp³-hybridized carbons (Fsp3) is 0.308. The van der Waals surface area contributed by atoms with E-state index in [9.17, 15) is 4.79 Å². The third-order valence-electron chi connectivity index (χ3n) is 2.31. The molecule has 1 aromatic rings. The van der Waals surface area contributed by atoms with Crippen LogP contribution in [0.2, 0.25) is 0 Å². The van der Waals surface area contributed by atoms with E-state index in [1.54, 1.807) is 32.4 Å². The Kier molecular flexibility index (Phi) is 4.11. The van der Waals surface area contributed by atoms with Crippen molar-refractivity contribution >= 4 is 5.78 Å². The summed E-state index contributed by atoms with van der Waals surface area (Å²) in [6.45, 7) is 3.69. The van der Waals surface area contributed by atoms with Gasteiger partial charge in [0.05, 0.1) is 14.2 Å². The normalized spacial score (nSPS) is 10.5. The summed E-state index contributed by atoms with van der Waals surface area (Å²) < 4.78 is 10.3. The maximum Gasteiger partial charge on any atom is 0.185 e. The first-order chi connectivity index (χ1) is 7.63. The van der Waals surface area contributed by atoms with Crippen LogP contribution < -0.4 is 9.47 Å². The molecule has 0 aliphatic heterocycles. The maximum absolute atomic E-state index is 11.8. The number of ether oxygens (including phenoxy) is 2. The Balaban J connectivity index is 3.26. The summed E-state index contributed by atoms with van der Waals surface area (Å²) in [5.41, 5.74) is 1.51. The lowest BCUT2D eigenvalue weighted by atomic mass is 10.0. The van der Waals surface area contributed by atoms with Crippen molar-refractivity contribution in [2.45, 2.75) is 13.8 Å². The summed E-state index contributed by atoms with van der Waals surface area (Å²) in [6, 6.07) is 3.51. The van der Waals surface area contributed by atoms with Crippen LogP contribution in [0.4, 0.5) is 0 Å². The number of hydrogen-bond acceptors (Lipinski definition) is 3. The van der Waals surface area contributed by atoms with Gasteiger partial charge in [-0.2, -0.15) is 0 Å². The number of ketones is 1. The predicted molar refractivity (Wildman–Crippen MR) is 63.4 cm³/mol. The zero-order valence-corrected chi connectivity index (χ0v) is 10.0. The standard InChI is InChI=1S/C13H16O3/c1-5-6-11(14)10-8-13(16-4)12(15-3)7-9(10)2/h5-8H,1-4H3/b6-5+. The van der Waals surface area contributed by atoms with E-state index in [0.717, 1.165) is 5.56 Å². The molecule has 0 unspecified atom stereocenters. The molecule has 0 N–H and O–H groups in total. The molecule has 0 saturated carbocycles. The van der Waals surface area contributed by atoms with Crippen molar-refractivity contribution in [2.24, 2.45) is 0 Å². The number of rotatable bonds is 4. The molecule has 1 rings (SSSR count). The van der Waals surface area contributed by atoms with Crippen LogP contribution in [0.5, 0.6) is 11.5 Å². The first-order valence-electron chi connectivity index (χ1n) is 5.03. The van der Waals surface area contributed by atoms with Gasteiger partial charge in [-0.15, -0.1) is 0 Å². The molecule has 0 aliphatic carbocycles. The van der Waals surface area contributed by atoms with Crippen molar-refractivity contribution in [3.05, 3.63) is 35.4 Å². The minimum absolute atomic E-state index is 0.0269. The molecule has 0 aliphatic rings. The van der Waals surface area contributed by atoms with Crippen LogP contribution in [0.3, 0.4) is 0 Å². The van der Waals surface area contributed by atoms with Gasteiger partial charge < -0.3 is 9.47 Å². The largest absolute Gasteiger partial charge is 0.493 e. The second-order valence-corrected chi connectivity index (χ2v) is 3.39. The highest BCUT2D eigenvalue weighted by Crippen LogP contribution is 2.30. The van der Waals surface area contributed by atoms with E-state index in [0.29, 0.717) is 17.1 Å². The van der Waals surface area contributed by atoms with Crippen LogP contribution in [0, 0.1) is 6.92 Å². The number of carbonyl (C=O) groups excluding carboxylic acids is 1. The first kappa shape index (κ1) is 12.3. The number of aryl methyl sites for hydroxylation is 1. The highest BCUT2D eigenvalue weighted by atomic mass is 16.5. The quantitative estimate of drug-likeness (QED) is 0.578. The zero-order chi connectivity index (χ0) is 12.1. The van der Waals surface area contributed by atoms with Gasteiger partial charge in [0.2, 0.25) is 0 Å². The second kappa shape index (κ2) is 5.35. The molecule has 0 spiro atoms. The first-order valence-corrected chi connectivity index (χ1v) is 5.03. The third-order valence-corrected chi connectivity index (χ3v) is 2.31. The molecule has 0 amide bonds. The Morgan fingerprint density at radius 3 is 2.25 bits per heavy atom. The summed E-state index contributed by atoms with van der Waals surface area (Å²) in [5, 5.41) is 0. The van der Waals surface area contributed by atoms with E-state index in [1.165, 1.54) is 6.08 Å². The van der Waals surface area contributed by atoms with Gasteiger partial charge in [0.25, 0.3) is 0 Å². The van der Waals surface area contributed by atoms with Gasteiger partial charge >= 0.3 is 0 Å². The molecule has 0 heterocycles. The SMILES string of the molecule is C/C=C/C(=O)c1cc(OC)c(OC)cc1C. The minimum atomic E-state index is -0.0269. The molecule has 0 bridgehead atoms. The van der Waals surface area contributed by atoms with Gasteiger partial charge in [0, 0.05) is 5.56 Å². The van der Waals surface area contributed by atoms with Crippen LogP contribution in [0.1, 0.15) is 22.8 Å². The highest BCUT2D eigenvalue weighted by molar-refractivity contribution is 6.06. The van der Waals surface area contributed by atoms with Gasteiger partial charge in [-0.3, -0.25) is 4.79 Å². The maximum atomic E-state index is 11.8. The molecule has 1 aromatic carbocycles. The van der Waals surface area contributed by atoms with E-state index < -0.39 is 0 Å². The van der Waals surface area contributed by atoms with Crippen molar-refractivity contribution in [2.75, 3.05) is 14.2 Å². The van der Waals surface area contributed by atoms with Gasteiger partial charge in [0.1, 0.15) is 0 Å². The third kappa shape index (κ3) is 2.42. The fourth-order valence-corrected chi connectivity index (χ4v) is 1.49. The average molecular weight is 220 g/mol. The monoisotopic (exact) mass is 220 g/mol. The Hall–Kier alpha value is -1.77. The van der Waals surface area contributed by atoms with Crippen LogP contribution in [0.25, 0.3) is 0 Å². The van der Waals surface area contributed by atoms with Crippen molar-refractivity contribution in [3.8, 4) is 11.5 Å². The van der Waals surface area contributed by atoms with Crippen molar-refractivity contribution in [1.29, 1.82) is 0 Å². The number of benzene rings is 1. The topological polar surface area (TPSA) is 35.5 Å². The Bertz CT molecular complexity index is 419. The summed E-state index contributed by atoms with van der Waals surface area (Å²) in [4.78, 5) is 11.8. The number of allylic oxidation sites excluding steroid dienone is 2. The van der Waals surface area contributed by atoms with Gasteiger partial charge in [-0.05, 0) is 37.6 Å². The van der Waals surface area contributed by atoms with Gasteiger partial charge in [-0.25, -0.2) is 0 Å². The number of carbonyl (C=O) groups is 1. The van der Waals surface area contributed by atoms with E-state index in [2.05, 4.69) is 0 Å². The molecule has 16 heavy (non-hydrogen) atoms. The average Bonchev–Trinajstić information content (AvgIpc) is 2.28. The van der Waals surface area contributed by atoms with Crippen molar-refractivity contribution in [1.82, 2.24) is 0 Å². The summed E-state index contributed by atoms with van der Waals surface area (Å²) in [6.07, 6.45) is 3.26.